The van der Waals surface area contributed by atoms with Gasteiger partial charge in [-0.1, -0.05) is 24.3 Å². The van der Waals surface area contributed by atoms with E-state index in [1.807, 2.05) is 31.2 Å². The van der Waals surface area contributed by atoms with Gasteiger partial charge in [-0.3, -0.25) is 0 Å². The van der Waals surface area contributed by atoms with E-state index in [0.29, 0.717) is 5.69 Å². The van der Waals surface area contributed by atoms with Crippen molar-refractivity contribution in [3.05, 3.63) is 48.0 Å². The minimum atomic E-state index is 0. The number of nitrogens with two attached hydrogens (primary N) is 1. The molecule has 0 spiro atoms. The van der Waals surface area contributed by atoms with Crippen LogP contribution in [0.4, 0.5) is 5.69 Å². The van der Waals surface area contributed by atoms with Crippen LogP contribution >= 0.6 is 12.4 Å². The lowest BCUT2D eigenvalue weighted by Crippen LogP contribution is -1.88. The predicted octanol–water partition coefficient (Wildman–Crippen LogP) is 3.37. The number of rotatable bonds is 1. The number of phenols is 1. The van der Waals surface area contributed by atoms with Crippen molar-refractivity contribution < 1.29 is 5.11 Å². The van der Waals surface area contributed by atoms with Gasteiger partial charge in [0.1, 0.15) is 5.75 Å². The summed E-state index contributed by atoms with van der Waals surface area (Å²) in [7, 11) is 0. The zero-order valence-corrected chi connectivity index (χ0v) is 9.79. The lowest BCUT2D eigenvalue weighted by molar-refractivity contribution is 0.477. The fraction of sp³-hybridized carbons (Fsp3) is 0.0769. The van der Waals surface area contributed by atoms with Crippen LogP contribution in [0.1, 0.15) is 5.56 Å². The number of benzene rings is 2. The highest BCUT2D eigenvalue weighted by Gasteiger charge is 2.06. The average Bonchev–Trinajstić information content (AvgIpc) is 2.23. The van der Waals surface area contributed by atoms with Crippen molar-refractivity contribution in [2.75, 3.05) is 5.73 Å². The molecule has 84 valence electrons. The van der Waals surface area contributed by atoms with Crippen LogP contribution in [0.3, 0.4) is 0 Å². The Kier molecular flexibility index (Phi) is 3.80. The molecule has 2 aromatic carbocycles. The van der Waals surface area contributed by atoms with Crippen LogP contribution in [0.5, 0.6) is 5.75 Å². The Morgan fingerprint density at radius 1 is 1.00 bits per heavy atom. The van der Waals surface area contributed by atoms with Gasteiger partial charge in [0.25, 0.3) is 0 Å². The molecule has 0 aliphatic carbocycles. The molecule has 0 saturated heterocycles. The van der Waals surface area contributed by atoms with Gasteiger partial charge in [0.05, 0.1) is 0 Å². The first-order valence-electron chi connectivity index (χ1n) is 4.83. The van der Waals surface area contributed by atoms with Crippen molar-refractivity contribution in [2.24, 2.45) is 0 Å². The monoisotopic (exact) mass is 235 g/mol. The molecule has 0 atom stereocenters. The number of hydrogen-bond acceptors (Lipinski definition) is 2. The molecule has 0 saturated carbocycles. The second-order valence-corrected chi connectivity index (χ2v) is 3.59. The summed E-state index contributed by atoms with van der Waals surface area (Å²) in [6, 6.07) is 13.0. The highest BCUT2D eigenvalue weighted by Crippen LogP contribution is 2.32. The second-order valence-electron chi connectivity index (χ2n) is 3.59. The Balaban J connectivity index is 0.00000128. The molecule has 0 amide bonds. The number of phenolic OH excluding ortho intramolecular Hbond substituents is 1. The molecule has 3 N–H and O–H groups in total. The molecular formula is C13H14ClNO. The molecule has 0 heterocycles. The van der Waals surface area contributed by atoms with E-state index in [9.17, 15) is 5.11 Å². The maximum absolute atomic E-state index is 9.76. The third kappa shape index (κ3) is 2.28. The summed E-state index contributed by atoms with van der Waals surface area (Å²) >= 11 is 0. The number of aryl methyl sites for hydroxylation is 1. The minimum absolute atomic E-state index is 0. The molecular weight excluding hydrogens is 222 g/mol. The van der Waals surface area contributed by atoms with Crippen LogP contribution in [0, 0.1) is 6.92 Å². The third-order valence-electron chi connectivity index (χ3n) is 2.46. The van der Waals surface area contributed by atoms with Crippen LogP contribution in [0.15, 0.2) is 42.5 Å². The molecule has 16 heavy (non-hydrogen) atoms. The first-order valence-corrected chi connectivity index (χ1v) is 4.83. The highest BCUT2D eigenvalue weighted by atomic mass is 35.5. The van der Waals surface area contributed by atoms with Crippen LogP contribution in [-0.2, 0) is 0 Å². The zero-order valence-electron chi connectivity index (χ0n) is 8.97. The molecule has 3 heteroatoms. The maximum Gasteiger partial charge on any atom is 0.123 e. The van der Waals surface area contributed by atoms with Gasteiger partial charge in [-0.05, 0) is 36.2 Å². The van der Waals surface area contributed by atoms with Crippen LogP contribution in [-0.4, -0.2) is 5.11 Å². The molecule has 2 nitrogen and oxygen atoms in total. The first kappa shape index (κ1) is 12.4. The fourth-order valence-electron chi connectivity index (χ4n) is 1.64. The lowest BCUT2D eigenvalue weighted by atomic mass is 9.99. The quantitative estimate of drug-likeness (QED) is 0.588. The van der Waals surface area contributed by atoms with Gasteiger partial charge < -0.3 is 10.8 Å². The second kappa shape index (κ2) is 4.90. The number of aromatic hydroxyl groups is 1. The summed E-state index contributed by atoms with van der Waals surface area (Å²) < 4.78 is 0. The Morgan fingerprint density at radius 2 is 1.69 bits per heavy atom. The molecule has 2 rings (SSSR count). The average molecular weight is 236 g/mol. The van der Waals surface area contributed by atoms with Crippen molar-refractivity contribution in [1.29, 1.82) is 0 Å². The highest BCUT2D eigenvalue weighted by molar-refractivity contribution is 5.85. The van der Waals surface area contributed by atoms with Crippen LogP contribution in [0.2, 0.25) is 0 Å². The maximum atomic E-state index is 9.76. The van der Waals surface area contributed by atoms with Gasteiger partial charge in [-0.25, -0.2) is 0 Å². The number of halogens is 1. The third-order valence-corrected chi connectivity index (χ3v) is 2.46. The Morgan fingerprint density at radius 3 is 2.38 bits per heavy atom. The van der Waals surface area contributed by atoms with E-state index in [1.54, 1.807) is 18.2 Å². The standard InChI is InChI=1S/C13H13NO.ClH/c1-9-4-2-3-5-11(9)12-8-10(14)6-7-13(12)15;/h2-8,15H,14H2,1H3;1H. The van der Waals surface area contributed by atoms with Crippen molar-refractivity contribution in [3.8, 4) is 16.9 Å². The topological polar surface area (TPSA) is 46.2 Å². The number of anilines is 1. The van der Waals surface area contributed by atoms with Crippen molar-refractivity contribution in [1.82, 2.24) is 0 Å². The normalized spacial score (nSPS) is 9.56. The molecule has 0 radical (unpaired) electrons. The van der Waals surface area contributed by atoms with E-state index >= 15 is 0 Å². The van der Waals surface area contributed by atoms with E-state index < -0.39 is 0 Å². The number of hydrogen-bond donors (Lipinski definition) is 2. The molecule has 0 aromatic heterocycles. The molecule has 0 aliphatic rings. The summed E-state index contributed by atoms with van der Waals surface area (Å²) in [5.74, 6) is 0.263. The van der Waals surface area contributed by atoms with Crippen molar-refractivity contribution in [2.45, 2.75) is 6.92 Å². The van der Waals surface area contributed by atoms with Crippen molar-refractivity contribution >= 4 is 18.1 Å². The van der Waals surface area contributed by atoms with Gasteiger partial charge in [0, 0.05) is 11.3 Å². The predicted molar refractivity (Wildman–Crippen MR) is 69.9 cm³/mol. The Bertz CT molecular complexity index is 497. The van der Waals surface area contributed by atoms with E-state index in [0.717, 1.165) is 16.7 Å². The van der Waals surface area contributed by atoms with E-state index in [4.69, 9.17) is 5.73 Å². The SMILES string of the molecule is Cc1ccccc1-c1cc(N)ccc1O.Cl. The minimum Gasteiger partial charge on any atom is -0.507 e. The molecule has 2 aromatic rings. The summed E-state index contributed by atoms with van der Waals surface area (Å²) in [4.78, 5) is 0. The molecule has 0 bridgehead atoms. The first-order chi connectivity index (χ1) is 7.18. The summed E-state index contributed by atoms with van der Waals surface area (Å²) in [5.41, 5.74) is 9.29. The molecule has 0 unspecified atom stereocenters. The zero-order chi connectivity index (χ0) is 10.8. The van der Waals surface area contributed by atoms with Gasteiger partial charge in [-0.2, -0.15) is 0 Å². The number of nitrogen functional groups attached to an aromatic ring is 1. The summed E-state index contributed by atoms with van der Waals surface area (Å²) in [5, 5.41) is 9.76. The lowest BCUT2D eigenvalue weighted by Gasteiger charge is -2.08. The van der Waals surface area contributed by atoms with Crippen LogP contribution < -0.4 is 5.73 Å². The molecule has 0 fully saturated rings. The van der Waals surface area contributed by atoms with Gasteiger partial charge >= 0.3 is 0 Å². The molecule has 0 aliphatic heterocycles. The summed E-state index contributed by atoms with van der Waals surface area (Å²) in [6.45, 7) is 2.01. The fourth-order valence-corrected chi connectivity index (χ4v) is 1.64. The Labute approximate surface area is 101 Å². The van der Waals surface area contributed by atoms with Crippen LogP contribution in [0.25, 0.3) is 11.1 Å². The Hall–Kier alpha value is -1.67. The van der Waals surface area contributed by atoms with Crippen molar-refractivity contribution in [3.63, 3.8) is 0 Å². The van der Waals surface area contributed by atoms with E-state index in [1.165, 1.54) is 0 Å². The van der Waals surface area contributed by atoms with Gasteiger partial charge in [-0.15, -0.1) is 12.4 Å². The smallest absolute Gasteiger partial charge is 0.123 e. The largest absolute Gasteiger partial charge is 0.507 e. The van der Waals surface area contributed by atoms with Gasteiger partial charge in [0.15, 0.2) is 0 Å². The van der Waals surface area contributed by atoms with E-state index in [2.05, 4.69) is 0 Å². The van der Waals surface area contributed by atoms with E-state index in [-0.39, 0.29) is 18.2 Å². The summed E-state index contributed by atoms with van der Waals surface area (Å²) in [6.07, 6.45) is 0. The van der Waals surface area contributed by atoms with Gasteiger partial charge in [0.2, 0.25) is 0 Å².